The van der Waals surface area contributed by atoms with Crippen LogP contribution >= 0.6 is 0 Å². The van der Waals surface area contributed by atoms with E-state index in [9.17, 15) is 10.1 Å². The van der Waals surface area contributed by atoms with E-state index in [2.05, 4.69) is 31.9 Å². The fourth-order valence-corrected chi connectivity index (χ4v) is 1.19. The number of hydrogen-bond acceptors (Lipinski definition) is 2. The van der Waals surface area contributed by atoms with E-state index in [1.54, 1.807) is 0 Å². The largest absolute Gasteiger partial charge is 0.265 e. The molecule has 3 heteroatoms. The number of hydrogen-bond donors (Lipinski definition) is 0. The van der Waals surface area contributed by atoms with Crippen molar-refractivity contribution in [2.75, 3.05) is 6.54 Å². The standard InChI is InChI=1S/C11H17NO2/c1-4-5-6-8-11(2,3)9-7-10-12(13)14/h6H,1,7-10H2,2-3H3. The lowest BCUT2D eigenvalue weighted by Crippen LogP contribution is -2.12. The van der Waals surface area contributed by atoms with Gasteiger partial charge in [-0.2, -0.15) is 0 Å². The van der Waals surface area contributed by atoms with E-state index in [0.29, 0.717) is 6.42 Å². The SMILES string of the molecule is C=C=C=CCC(C)(C)CCC[N+](=O)[O-]. The molecule has 0 saturated heterocycles. The molecule has 0 aromatic heterocycles. The lowest BCUT2D eigenvalue weighted by molar-refractivity contribution is -0.480. The van der Waals surface area contributed by atoms with Crippen molar-refractivity contribution in [1.82, 2.24) is 0 Å². The van der Waals surface area contributed by atoms with Gasteiger partial charge in [0.05, 0.1) is 0 Å². The monoisotopic (exact) mass is 195 g/mol. The average molecular weight is 195 g/mol. The van der Waals surface area contributed by atoms with Crippen LogP contribution < -0.4 is 0 Å². The summed E-state index contributed by atoms with van der Waals surface area (Å²) in [4.78, 5) is 9.84. The van der Waals surface area contributed by atoms with Gasteiger partial charge in [-0.05, 0) is 30.9 Å². The maximum atomic E-state index is 10.1. The van der Waals surface area contributed by atoms with Crippen LogP contribution in [0.25, 0.3) is 0 Å². The molecule has 0 rings (SSSR count). The average Bonchev–Trinajstić information content (AvgIpc) is 2.03. The molecule has 0 spiro atoms. The summed E-state index contributed by atoms with van der Waals surface area (Å²) >= 11 is 0. The van der Waals surface area contributed by atoms with Gasteiger partial charge in [0, 0.05) is 11.3 Å². The van der Waals surface area contributed by atoms with Gasteiger partial charge < -0.3 is 0 Å². The van der Waals surface area contributed by atoms with Gasteiger partial charge in [0.25, 0.3) is 0 Å². The minimum Gasteiger partial charge on any atom is -0.265 e. The third kappa shape index (κ3) is 7.35. The predicted molar refractivity (Wildman–Crippen MR) is 56.7 cm³/mol. The summed E-state index contributed by atoms with van der Waals surface area (Å²) in [6, 6.07) is 0. The second-order valence-electron chi connectivity index (χ2n) is 4.05. The summed E-state index contributed by atoms with van der Waals surface area (Å²) in [7, 11) is 0. The van der Waals surface area contributed by atoms with E-state index >= 15 is 0 Å². The zero-order valence-corrected chi connectivity index (χ0v) is 8.88. The topological polar surface area (TPSA) is 43.1 Å². The van der Waals surface area contributed by atoms with Crippen LogP contribution in [0.5, 0.6) is 0 Å². The van der Waals surface area contributed by atoms with Crippen LogP contribution in [0.3, 0.4) is 0 Å². The van der Waals surface area contributed by atoms with E-state index in [4.69, 9.17) is 0 Å². The number of rotatable bonds is 6. The third-order valence-corrected chi connectivity index (χ3v) is 2.05. The second-order valence-corrected chi connectivity index (χ2v) is 4.05. The normalized spacial score (nSPS) is 10.1. The fourth-order valence-electron chi connectivity index (χ4n) is 1.19. The molecule has 0 aliphatic heterocycles. The van der Waals surface area contributed by atoms with Gasteiger partial charge >= 0.3 is 0 Å². The van der Waals surface area contributed by atoms with E-state index in [-0.39, 0.29) is 16.9 Å². The first-order valence-corrected chi connectivity index (χ1v) is 4.69. The Morgan fingerprint density at radius 1 is 1.57 bits per heavy atom. The highest BCUT2D eigenvalue weighted by Gasteiger charge is 2.16. The molecule has 3 nitrogen and oxygen atoms in total. The Labute approximate surface area is 85.0 Å². The van der Waals surface area contributed by atoms with Crippen molar-refractivity contribution < 1.29 is 4.92 Å². The van der Waals surface area contributed by atoms with Gasteiger partial charge in [-0.15, -0.1) is 0 Å². The first kappa shape index (κ1) is 12.7. The van der Waals surface area contributed by atoms with Crippen LogP contribution in [0.1, 0.15) is 33.1 Å². The molecule has 0 unspecified atom stereocenters. The molecule has 0 radical (unpaired) electrons. The van der Waals surface area contributed by atoms with Crippen LogP contribution in [-0.2, 0) is 0 Å². The number of allylic oxidation sites excluding steroid dienone is 1. The van der Waals surface area contributed by atoms with Crippen molar-refractivity contribution in [2.45, 2.75) is 33.1 Å². The molecule has 0 aliphatic carbocycles. The van der Waals surface area contributed by atoms with Gasteiger partial charge in [0.2, 0.25) is 6.54 Å². The molecular weight excluding hydrogens is 178 g/mol. The van der Waals surface area contributed by atoms with Crippen LogP contribution in [0.15, 0.2) is 24.1 Å². The summed E-state index contributed by atoms with van der Waals surface area (Å²) in [5.41, 5.74) is 5.43. The summed E-state index contributed by atoms with van der Waals surface area (Å²) < 4.78 is 0. The van der Waals surface area contributed by atoms with E-state index in [1.165, 1.54) is 0 Å². The van der Waals surface area contributed by atoms with Crippen molar-refractivity contribution in [3.05, 3.63) is 34.2 Å². The van der Waals surface area contributed by atoms with Crippen LogP contribution in [0, 0.1) is 15.5 Å². The minimum absolute atomic E-state index is 0.0600. The molecule has 0 amide bonds. The maximum absolute atomic E-state index is 10.1. The lowest BCUT2D eigenvalue weighted by Gasteiger charge is -2.21. The second kappa shape index (κ2) is 6.20. The summed E-state index contributed by atoms with van der Waals surface area (Å²) in [6.07, 6.45) is 4.21. The van der Waals surface area contributed by atoms with Gasteiger partial charge in [0.1, 0.15) is 0 Å². The summed E-state index contributed by atoms with van der Waals surface area (Å²) in [5, 5.41) is 10.1. The van der Waals surface area contributed by atoms with Crippen molar-refractivity contribution in [3.63, 3.8) is 0 Å². The molecule has 78 valence electrons. The summed E-state index contributed by atoms with van der Waals surface area (Å²) in [6.45, 7) is 7.65. The van der Waals surface area contributed by atoms with E-state index in [0.717, 1.165) is 12.8 Å². The van der Waals surface area contributed by atoms with E-state index in [1.807, 2.05) is 6.08 Å². The Kier molecular flexibility index (Phi) is 5.62. The first-order valence-electron chi connectivity index (χ1n) is 4.69. The molecule has 0 heterocycles. The first-order chi connectivity index (χ1) is 6.48. The fraction of sp³-hybridized carbons (Fsp3) is 0.636. The zero-order chi connectivity index (χ0) is 11.0. The number of nitrogens with zero attached hydrogens (tertiary/aromatic N) is 1. The molecule has 0 atom stereocenters. The van der Waals surface area contributed by atoms with Gasteiger partial charge in [-0.3, -0.25) is 10.1 Å². The van der Waals surface area contributed by atoms with Gasteiger partial charge in [-0.25, -0.2) is 0 Å². The maximum Gasteiger partial charge on any atom is 0.203 e. The van der Waals surface area contributed by atoms with E-state index < -0.39 is 0 Å². The Morgan fingerprint density at radius 2 is 2.21 bits per heavy atom. The smallest absolute Gasteiger partial charge is 0.203 e. The quantitative estimate of drug-likeness (QED) is 0.371. The molecular formula is C11H17NO2. The highest BCUT2D eigenvalue weighted by atomic mass is 16.6. The number of nitro groups is 1. The highest BCUT2D eigenvalue weighted by molar-refractivity contribution is 4.86. The summed E-state index contributed by atoms with van der Waals surface area (Å²) in [5.74, 6) is 0. The molecule has 0 saturated carbocycles. The molecule has 0 aromatic rings. The third-order valence-electron chi connectivity index (χ3n) is 2.05. The molecule has 0 aromatic carbocycles. The lowest BCUT2D eigenvalue weighted by atomic mass is 9.84. The van der Waals surface area contributed by atoms with Crippen molar-refractivity contribution >= 4 is 0 Å². The van der Waals surface area contributed by atoms with Crippen molar-refractivity contribution in [2.24, 2.45) is 5.41 Å². The molecule has 0 bridgehead atoms. The predicted octanol–water partition coefficient (Wildman–Crippen LogP) is 2.96. The Hall–Kier alpha value is -1.30. The van der Waals surface area contributed by atoms with Crippen molar-refractivity contribution in [3.8, 4) is 0 Å². The Bertz CT molecular complexity index is 269. The molecule has 0 N–H and O–H groups in total. The Balaban J connectivity index is 3.88. The molecule has 14 heavy (non-hydrogen) atoms. The highest BCUT2D eigenvalue weighted by Crippen LogP contribution is 2.26. The Morgan fingerprint density at radius 3 is 2.71 bits per heavy atom. The molecule has 0 aliphatic rings. The van der Waals surface area contributed by atoms with Crippen LogP contribution in [-0.4, -0.2) is 11.5 Å². The van der Waals surface area contributed by atoms with Crippen LogP contribution in [0.4, 0.5) is 0 Å². The zero-order valence-electron chi connectivity index (χ0n) is 8.88. The van der Waals surface area contributed by atoms with Crippen LogP contribution in [0.2, 0.25) is 0 Å². The van der Waals surface area contributed by atoms with Gasteiger partial charge in [0.15, 0.2) is 0 Å². The van der Waals surface area contributed by atoms with Gasteiger partial charge in [-0.1, -0.05) is 25.3 Å². The van der Waals surface area contributed by atoms with Crippen molar-refractivity contribution in [1.29, 1.82) is 0 Å². The molecule has 0 fully saturated rings. The minimum atomic E-state index is -0.268.